The largest absolute Gasteiger partial charge is 0.462 e. The van der Waals surface area contributed by atoms with E-state index in [2.05, 4.69) is 0 Å². The summed E-state index contributed by atoms with van der Waals surface area (Å²) in [6, 6.07) is 5.92. The maximum Gasteiger partial charge on any atom is 0.338 e. The summed E-state index contributed by atoms with van der Waals surface area (Å²) in [5.41, 5.74) is -0.409. The van der Waals surface area contributed by atoms with Gasteiger partial charge in [0.2, 0.25) is 0 Å². The summed E-state index contributed by atoms with van der Waals surface area (Å²) in [6.07, 6.45) is 0. The zero-order valence-corrected chi connectivity index (χ0v) is 21.1. The van der Waals surface area contributed by atoms with Crippen molar-refractivity contribution >= 4 is 32.2 Å². The van der Waals surface area contributed by atoms with Crippen LogP contribution in [0, 0.1) is 11.8 Å². The molecule has 0 aromatic heterocycles. The lowest BCUT2D eigenvalue weighted by Gasteiger charge is -2.14. The highest BCUT2D eigenvalue weighted by Gasteiger charge is 2.25. The van der Waals surface area contributed by atoms with Crippen LogP contribution in [0.3, 0.4) is 0 Å². The van der Waals surface area contributed by atoms with Crippen LogP contribution in [0.4, 0.5) is 0 Å². The number of carbonyl (C=O) groups excluding carboxylic acids is 2. The number of carbonyl (C=O) groups is 2. The molecule has 0 aliphatic carbocycles. The van der Waals surface area contributed by atoms with E-state index in [0.29, 0.717) is 0 Å². The first kappa shape index (κ1) is 28.2. The van der Waals surface area contributed by atoms with Crippen molar-refractivity contribution in [3.63, 3.8) is 0 Å². The van der Waals surface area contributed by atoms with Gasteiger partial charge < -0.3 is 14.2 Å². The van der Waals surface area contributed by atoms with Gasteiger partial charge in [-0.15, -0.1) is 0 Å². The number of esters is 2. The zero-order chi connectivity index (χ0) is 26.6. The molecule has 2 N–H and O–H groups in total. The van der Waals surface area contributed by atoms with E-state index in [-0.39, 0.29) is 36.2 Å². The fourth-order valence-electron chi connectivity index (χ4n) is 2.61. The first-order chi connectivity index (χ1) is 16.1. The Labute approximate surface area is 203 Å². The molecule has 0 fully saturated rings. The lowest BCUT2D eigenvalue weighted by Crippen LogP contribution is -2.12. The second-order valence-corrected chi connectivity index (χ2v) is 11.1. The third kappa shape index (κ3) is 8.02. The predicted octanol–water partition coefficient (Wildman–Crippen LogP) is 3.60. The number of benzene rings is 2. The summed E-state index contributed by atoms with van der Waals surface area (Å²) in [7, 11) is -9.89. The fraction of sp³-hybridized carbons (Fsp3) is 0.364. The number of rotatable bonds is 10. The molecular formula is C22H26O11S2. The van der Waals surface area contributed by atoms with E-state index in [0.717, 1.165) is 36.4 Å². The molecular weight excluding hydrogens is 504 g/mol. The zero-order valence-electron chi connectivity index (χ0n) is 19.4. The molecule has 0 spiro atoms. The molecule has 11 nitrogen and oxygen atoms in total. The summed E-state index contributed by atoms with van der Waals surface area (Å²) in [5.74, 6) is -2.75. The average Bonchev–Trinajstić information content (AvgIpc) is 2.74. The standard InChI is InChI=1S/C22H26O11S2/c1-13(2)11-31-21(23)15-5-7-17(19(9-15)34(25,26)27)33-18-8-6-16(10-20(18)35(28,29)30)22(24)32-12-14(3)4/h5-10,13-14H,11-12H2,1-4H3,(H,25,26,27)(H,28,29,30). The Morgan fingerprint density at radius 2 is 1.06 bits per heavy atom. The van der Waals surface area contributed by atoms with Crippen LogP contribution in [0.5, 0.6) is 11.5 Å². The van der Waals surface area contributed by atoms with Crippen molar-refractivity contribution < 1.29 is 49.7 Å². The molecule has 0 aliphatic rings. The highest BCUT2D eigenvalue weighted by Crippen LogP contribution is 2.34. The Balaban J connectivity index is 2.49. The number of ether oxygens (including phenoxy) is 3. The van der Waals surface area contributed by atoms with Crippen molar-refractivity contribution in [2.75, 3.05) is 13.2 Å². The molecule has 2 aromatic carbocycles. The summed E-state index contributed by atoms with van der Waals surface area (Å²) >= 11 is 0. The SMILES string of the molecule is CC(C)COC(=O)c1ccc(Oc2ccc(C(=O)OCC(C)C)cc2S(=O)(=O)O)c(S(=O)(=O)O)c1. The van der Waals surface area contributed by atoms with Gasteiger partial charge in [-0.2, -0.15) is 16.8 Å². The van der Waals surface area contributed by atoms with Crippen LogP contribution in [0.2, 0.25) is 0 Å². The van der Waals surface area contributed by atoms with Gasteiger partial charge in [0.15, 0.2) is 0 Å². The van der Waals surface area contributed by atoms with Gasteiger partial charge in [0.05, 0.1) is 24.3 Å². The van der Waals surface area contributed by atoms with Crippen molar-refractivity contribution in [1.29, 1.82) is 0 Å². The minimum absolute atomic E-state index is 0.0204. The molecule has 192 valence electrons. The van der Waals surface area contributed by atoms with Crippen LogP contribution in [-0.2, 0) is 29.7 Å². The van der Waals surface area contributed by atoms with Crippen molar-refractivity contribution in [3.05, 3.63) is 47.5 Å². The molecule has 0 radical (unpaired) electrons. The molecule has 35 heavy (non-hydrogen) atoms. The molecule has 2 rings (SSSR count). The lowest BCUT2D eigenvalue weighted by molar-refractivity contribution is 0.0450. The topological polar surface area (TPSA) is 171 Å². The molecule has 0 amide bonds. The van der Waals surface area contributed by atoms with Gasteiger partial charge in [-0.3, -0.25) is 9.11 Å². The Morgan fingerprint density at radius 3 is 1.34 bits per heavy atom. The summed E-state index contributed by atoms with van der Waals surface area (Å²) < 4.78 is 82.4. The second kappa shape index (κ2) is 11.2. The van der Waals surface area contributed by atoms with Gasteiger partial charge in [-0.25, -0.2) is 9.59 Å². The van der Waals surface area contributed by atoms with Gasteiger partial charge >= 0.3 is 11.9 Å². The third-order valence-corrected chi connectivity index (χ3v) is 5.98. The van der Waals surface area contributed by atoms with Crippen LogP contribution in [0.1, 0.15) is 48.4 Å². The third-order valence-electron chi connectivity index (χ3n) is 4.23. The van der Waals surface area contributed by atoms with Gasteiger partial charge in [-0.05, 0) is 48.2 Å². The number of hydrogen-bond acceptors (Lipinski definition) is 9. The Hall–Kier alpha value is -3.00. The quantitative estimate of drug-likeness (QED) is 0.340. The van der Waals surface area contributed by atoms with E-state index >= 15 is 0 Å². The maximum atomic E-state index is 12.2. The van der Waals surface area contributed by atoms with E-state index in [1.165, 1.54) is 0 Å². The minimum atomic E-state index is -4.95. The second-order valence-electron chi connectivity index (χ2n) is 8.36. The van der Waals surface area contributed by atoms with Crippen molar-refractivity contribution in [1.82, 2.24) is 0 Å². The summed E-state index contributed by atoms with van der Waals surface area (Å²) in [5, 5.41) is 0. The van der Waals surface area contributed by atoms with Crippen LogP contribution >= 0.6 is 0 Å². The van der Waals surface area contributed by atoms with Crippen LogP contribution in [0.25, 0.3) is 0 Å². The first-order valence-corrected chi connectivity index (χ1v) is 13.2. The smallest absolute Gasteiger partial charge is 0.338 e. The van der Waals surface area contributed by atoms with E-state index in [1.807, 2.05) is 0 Å². The predicted molar refractivity (Wildman–Crippen MR) is 123 cm³/mol. The lowest BCUT2D eigenvalue weighted by atomic mass is 10.2. The molecule has 0 atom stereocenters. The van der Waals surface area contributed by atoms with Gasteiger partial charge in [0, 0.05) is 0 Å². The normalized spacial score (nSPS) is 12.0. The number of hydrogen-bond donors (Lipinski definition) is 2. The maximum absolute atomic E-state index is 12.2. The molecule has 0 aliphatic heterocycles. The van der Waals surface area contributed by atoms with Crippen LogP contribution < -0.4 is 4.74 Å². The van der Waals surface area contributed by atoms with Gasteiger partial charge in [-0.1, -0.05) is 27.7 Å². The molecule has 0 bridgehead atoms. The molecule has 0 saturated heterocycles. The highest BCUT2D eigenvalue weighted by atomic mass is 32.2. The summed E-state index contributed by atoms with van der Waals surface area (Å²) in [6.45, 7) is 7.35. The van der Waals surface area contributed by atoms with Crippen molar-refractivity contribution in [2.45, 2.75) is 37.5 Å². The molecule has 13 heteroatoms. The molecule has 0 unspecified atom stereocenters. The highest BCUT2D eigenvalue weighted by molar-refractivity contribution is 7.86. The Bertz CT molecular complexity index is 1210. The first-order valence-electron chi connectivity index (χ1n) is 10.3. The van der Waals surface area contributed by atoms with Gasteiger partial charge in [0.1, 0.15) is 21.3 Å². The average molecular weight is 531 g/mol. The van der Waals surface area contributed by atoms with E-state index in [9.17, 15) is 35.5 Å². The molecule has 2 aromatic rings. The Morgan fingerprint density at radius 1 is 0.714 bits per heavy atom. The van der Waals surface area contributed by atoms with E-state index < -0.39 is 53.5 Å². The summed E-state index contributed by atoms with van der Waals surface area (Å²) in [4.78, 5) is 22.7. The van der Waals surface area contributed by atoms with E-state index in [4.69, 9.17) is 14.2 Å². The van der Waals surface area contributed by atoms with Crippen LogP contribution in [0.15, 0.2) is 46.2 Å². The van der Waals surface area contributed by atoms with Crippen molar-refractivity contribution in [2.24, 2.45) is 11.8 Å². The van der Waals surface area contributed by atoms with Crippen LogP contribution in [-0.4, -0.2) is 51.1 Å². The van der Waals surface area contributed by atoms with Gasteiger partial charge in [0.25, 0.3) is 20.2 Å². The Kier molecular flexibility index (Phi) is 9.00. The molecule has 0 saturated carbocycles. The fourth-order valence-corrected chi connectivity index (χ4v) is 3.89. The minimum Gasteiger partial charge on any atom is -0.462 e. The van der Waals surface area contributed by atoms with E-state index in [1.54, 1.807) is 27.7 Å². The van der Waals surface area contributed by atoms with Crippen molar-refractivity contribution in [3.8, 4) is 11.5 Å². The molecule has 0 heterocycles. The monoisotopic (exact) mass is 530 g/mol.